The highest BCUT2D eigenvalue weighted by atomic mass is 79.9. The van der Waals surface area contributed by atoms with Crippen molar-refractivity contribution >= 4 is 22.0 Å². The maximum Gasteiger partial charge on any atom is 0.315 e. The lowest BCUT2D eigenvalue weighted by Gasteiger charge is -2.28. The van der Waals surface area contributed by atoms with E-state index in [2.05, 4.69) is 36.6 Å². The number of hydrogen-bond donors (Lipinski definition) is 2. The van der Waals surface area contributed by atoms with Gasteiger partial charge in [-0.2, -0.15) is 5.10 Å². The molecule has 0 saturated heterocycles. The number of hydrogen-bond acceptors (Lipinski definition) is 4. The van der Waals surface area contributed by atoms with E-state index in [0.29, 0.717) is 13.2 Å². The van der Waals surface area contributed by atoms with Crippen LogP contribution in [0.2, 0.25) is 0 Å². The van der Waals surface area contributed by atoms with Crippen molar-refractivity contribution in [3.63, 3.8) is 0 Å². The molecule has 2 N–H and O–H groups in total. The number of nitrogens with one attached hydrogen (secondary N) is 2. The van der Waals surface area contributed by atoms with Crippen LogP contribution in [0.25, 0.3) is 0 Å². The van der Waals surface area contributed by atoms with Crippen LogP contribution in [-0.2, 0) is 7.05 Å². The zero-order valence-corrected chi connectivity index (χ0v) is 16.8. The first-order chi connectivity index (χ1) is 12.4. The molecular weight excluding hydrogens is 398 g/mol. The largest absolute Gasteiger partial charge is 0.493 e. The van der Waals surface area contributed by atoms with E-state index in [1.807, 2.05) is 51.7 Å². The number of carbonyl (C=O) groups is 1. The number of nitrogens with zero attached hydrogens (tertiary/aromatic N) is 3. The van der Waals surface area contributed by atoms with Crippen LogP contribution in [0.5, 0.6) is 5.75 Å². The molecule has 7 nitrogen and oxygen atoms in total. The number of halogens is 1. The van der Waals surface area contributed by atoms with Crippen molar-refractivity contribution in [2.45, 2.75) is 18.5 Å². The molecule has 140 valence electrons. The summed E-state index contributed by atoms with van der Waals surface area (Å²) in [5.74, 6) is 0.825. The summed E-state index contributed by atoms with van der Waals surface area (Å²) in [7, 11) is 5.87. The molecule has 2 heterocycles. The van der Waals surface area contributed by atoms with Gasteiger partial charge in [0, 0.05) is 41.8 Å². The van der Waals surface area contributed by atoms with Crippen LogP contribution in [0.1, 0.15) is 29.6 Å². The van der Waals surface area contributed by atoms with Crippen molar-refractivity contribution in [1.82, 2.24) is 25.3 Å². The van der Waals surface area contributed by atoms with Gasteiger partial charge in [-0.1, -0.05) is 15.9 Å². The highest BCUT2D eigenvalue weighted by Gasteiger charge is 2.24. The van der Waals surface area contributed by atoms with Crippen LogP contribution in [0, 0.1) is 0 Å². The quantitative estimate of drug-likeness (QED) is 0.777. The Morgan fingerprint density at radius 1 is 1.50 bits per heavy atom. The van der Waals surface area contributed by atoms with Gasteiger partial charge in [0.25, 0.3) is 0 Å². The number of fused-ring (bicyclic) bond motifs is 1. The molecule has 0 spiro atoms. The zero-order chi connectivity index (χ0) is 18.7. The van der Waals surface area contributed by atoms with E-state index in [0.717, 1.165) is 27.8 Å². The van der Waals surface area contributed by atoms with Crippen molar-refractivity contribution in [1.29, 1.82) is 0 Å². The number of benzene rings is 1. The van der Waals surface area contributed by atoms with E-state index in [4.69, 9.17) is 4.74 Å². The Morgan fingerprint density at radius 3 is 3.00 bits per heavy atom. The molecule has 2 unspecified atom stereocenters. The summed E-state index contributed by atoms with van der Waals surface area (Å²) in [5.41, 5.74) is 2.07. The Bertz CT molecular complexity index is 777. The van der Waals surface area contributed by atoms with Gasteiger partial charge >= 0.3 is 6.03 Å². The monoisotopic (exact) mass is 421 g/mol. The maximum atomic E-state index is 12.5. The Hall–Kier alpha value is -2.06. The first-order valence-corrected chi connectivity index (χ1v) is 9.35. The first kappa shape index (κ1) is 18.7. The summed E-state index contributed by atoms with van der Waals surface area (Å²) < 4.78 is 8.41. The van der Waals surface area contributed by atoms with E-state index < -0.39 is 0 Å². The van der Waals surface area contributed by atoms with Crippen LogP contribution in [-0.4, -0.2) is 48.0 Å². The second kappa shape index (κ2) is 8.09. The van der Waals surface area contributed by atoms with Crippen LogP contribution in [0.3, 0.4) is 0 Å². The molecule has 2 atom stereocenters. The molecule has 0 fully saturated rings. The predicted octanol–water partition coefficient (Wildman–Crippen LogP) is 2.61. The van der Waals surface area contributed by atoms with E-state index >= 15 is 0 Å². The van der Waals surface area contributed by atoms with Gasteiger partial charge in [0.1, 0.15) is 5.75 Å². The van der Waals surface area contributed by atoms with E-state index in [9.17, 15) is 4.79 Å². The predicted molar refractivity (Wildman–Crippen MR) is 103 cm³/mol. The van der Waals surface area contributed by atoms with Gasteiger partial charge in [-0.15, -0.1) is 0 Å². The van der Waals surface area contributed by atoms with E-state index in [1.165, 1.54) is 0 Å². The fourth-order valence-electron chi connectivity index (χ4n) is 3.12. The first-order valence-electron chi connectivity index (χ1n) is 8.55. The van der Waals surface area contributed by atoms with Gasteiger partial charge in [0.05, 0.1) is 24.9 Å². The second-order valence-electron chi connectivity index (χ2n) is 6.65. The molecule has 1 aromatic heterocycles. The van der Waals surface area contributed by atoms with E-state index in [1.54, 1.807) is 4.68 Å². The zero-order valence-electron chi connectivity index (χ0n) is 15.2. The summed E-state index contributed by atoms with van der Waals surface area (Å²) in [6.07, 6.45) is 4.55. The molecule has 8 heteroatoms. The SMILES string of the molecule is CN(C)C(CNC(=O)NC1CCOc2ccc(Br)cc21)c1cnn(C)c1. The van der Waals surface area contributed by atoms with Crippen molar-refractivity contribution in [2.75, 3.05) is 27.2 Å². The second-order valence-corrected chi connectivity index (χ2v) is 7.57. The number of likely N-dealkylation sites (N-methyl/N-ethyl adjacent to an activating group) is 1. The summed E-state index contributed by atoms with van der Waals surface area (Å²) in [5, 5.41) is 10.3. The molecule has 1 aliphatic heterocycles. The van der Waals surface area contributed by atoms with Crippen LogP contribution in [0.4, 0.5) is 4.79 Å². The Kier molecular flexibility index (Phi) is 5.83. The number of aromatic nitrogens is 2. The highest BCUT2D eigenvalue weighted by Crippen LogP contribution is 2.34. The number of aryl methyl sites for hydroxylation is 1. The minimum Gasteiger partial charge on any atom is -0.493 e. The summed E-state index contributed by atoms with van der Waals surface area (Å²) in [4.78, 5) is 14.5. The average molecular weight is 422 g/mol. The molecule has 1 aliphatic rings. The Balaban J connectivity index is 1.62. The van der Waals surface area contributed by atoms with Crippen LogP contribution < -0.4 is 15.4 Å². The molecule has 1 aromatic carbocycles. The molecule has 26 heavy (non-hydrogen) atoms. The van der Waals surface area contributed by atoms with Gasteiger partial charge in [-0.3, -0.25) is 4.68 Å². The minimum absolute atomic E-state index is 0.0607. The molecule has 2 aromatic rings. The summed E-state index contributed by atoms with van der Waals surface area (Å²) in [6.45, 7) is 1.09. The lowest BCUT2D eigenvalue weighted by Crippen LogP contribution is -2.42. The van der Waals surface area contributed by atoms with Crippen LogP contribution in [0.15, 0.2) is 35.1 Å². The third kappa shape index (κ3) is 4.37. The van der Waals surface area contributed by atoms with Gasteiger partial charge < -0.3 is 20.3 Å². The molecule has 3 rings (SSSR count). The third-order valence-electron chi connectivity index (χ3n) is 4.51. The fourth-order valence-corrected chi connectivity index (χ4v) is 3.50. The van der Waals surface area contributed by atoms with Crippen molar-refractivity contribution < 1.29 is 9.53 Å². The van der Waals surface area contributed by atoms with Crippen molar-refractivity contribution in [2.24, 2.45) is 7.05 Å². The molecular formula is C18H24BrN5O2. The molecule has 0 radical (unpaired) electrons. The maximum absolute atomic E-state index is 12.5. The fraction of sp³-hybridized carbons (Fsp3) is 0.444. The average Bonchev–Trinajstić information content (AvgIpc) is 3.01. The summed E-state index contributed by atoms with van der Waals surface area (Å²) in [6, 6.07) is 5.68. The smallest absolute Gasteiger partial charge is 0.315 e. The van der Waals surface area contributed by atoms with Gasteiger partial charge in [-0.05, 0) is 32.3 Å². The molecule has 0 saturated carbocycles. The standard InChI is InChI=1S/C18H24BrN5O2/c1-23(2)16(12-9-21-24(3)11-12)10-20-18(25)22-15-6-7-26-17-5-4-13(19)8-14(15)17/h4-5,8-9,11,15-16H,6-7,10H2,1-3H3,(H2,20,22,25). The van der Waals surface area contributed by atoms with Crippen molar-refractivity contribution in [3.8, 4) is 5.75 Å². The van der Waals surface area contributed by atoms with Crippen molar-refractivity contribution in [3.05, 3.63) is 46.2 Å². The summed E-state index contributed by atoms with van der Waals surface area (Å²) >= 11 is 3.48. The van der Waals surface area contributed by atoms with E-state index in [-0.39, 0.29) is 18.1 Å². The highest BCUT2D eigenvalue weighted by molar-refractivity contribution is 9.10. The minimum atomic E-state index is -0.182. The Labute approximate surface area is 161 Å². The third-order valence-corrected chi connectivity index (χ3v) is 5.00. The number of ether oxygens (including phenoxy) is 1. The number of rotatable bonds is 5. The lowest BCUT2D eigenvalue weighted by atomic mass is 10.0. The molecule has 2 amide bonds. The number of carbonyl (C=O) groups excluding carboxylic acids is 1. The van der Waals surface area contributed by atoms with Crippen LogP contribution >= 0.6 is 15.9 Å². The van der Waals surface area contributed by atoms with Gasteiger partial charge in [-0.25, -0.2) is 4.79 Å². The lowest BCUT2D eigenvalue weighted by molar-refractivity contribution is 0.218. The normalized spacial score (nSPS) is 17.3. The molecule has 0 bridgehead atoms. The topological polar surface area (TPSA) is 71.4 Å². The Morgan fingerprint density at radius 2 is 2.31 bits per heavy atom. The number of urea groups is 1. The number of amides is 2. The van der Waals surface area contributed by atoms with Gasteiger partial charge in [0.15, 0.2) is 0 Å². The molecule has 0 aliphatic carbocycles. The van der Waals surface area contributed by atoms with Gasteiger partial charge in [0.2, 0.25) is 0 Å².